The summed E-state index contributed by atoms with van der Waals surface area (Å²) in [5.41, 5.74) is 4.80. The van der Waals surface area contributed by atoms with Gasteiger partial charge in [-0.1, -0.05) is 0 Å². The molecule has 0 saturated heterocycles. The van der Waals surface area contributed by atoms with Crippen LogP contribution in [0, 0.1) is 5.41 Å². The predicted octanol–water partition coefficient (Wildman–Crippen LogP) is 2.53. The molecule has 0 radical (unpaired) electrons. The monoisotopic (exact) mass is 373 g/mol. The Morgan fingerprint density at radius 1 is 1.38 bits per heavy atom. The summed E-state index contributed by atoms with van der Waals surface area (Å²) in [6.45, 7) is 3.34. The molecule has 1 aliphatic carbocycles. The van der Waals surface area contributed by atoms with E-state index >= 15 is 0 Å². The van der Waals surface area contributed by atoms with Gasteiger partial charge < -0.3 is 15.8 Å². The van der Waals surface area contributed by atoms with Crippen LogP contribution in [0.1, 0.15) is 55.6 Å². The van der Waals surface area contributed by atoms with E-state index in [1.165, 1.54) is 12.3 Å². The first-order valence-electron chi connectivity index (χ1n) is 8.22. The first-order valence-corrected chi connectivity index (χ1v) is 8.22. The lowest BCUT2D eigenvalue weighted by atomic mass is 9.84. The largest absolute Gasteiger partial charge is 0.484 e. The summed E-state index contributed by atoms with van der Waals surface area (Å²) in [4.78, 5) is 27.9. The van der Waals surface area contributed by atoms with Gasteiger partial charge in [-0.15, -0.1) is 0 Å². The van der Waals surface area contributed by atoms with E-state index in [4.69, 9.17) is 10.5 Å². The number of nitrogens with two attached hydrogens (primary N) is 1. The molecule has 0 aromatic carbocycles. The minimum absolute atomic E-state index is 0.00629. The molecule has 2 amide bonds. The number of rotatable bonds is 7. The van der Waals surface area contributed by atoms with Crippen LogP contribution in [-0.2, 0) is 4.79 Å². The fourth-order valence-corrected chi connectivity index (χ4v) is 2.22. The van der Waals surface area contributed by atoms with E-state index in [1.807, 2.05) is 0 Å². The van der Waals surface area contributed by atoms with E-state index in [2.05, 4.69) is 10.3 Å². The highest BCUT2D eigenvalue weighted by Crippen LogP contribution is 2.44. The van der Waals surface area contributed by atoms with Crippen molar-refractivity contribution in [3.05, 3.63) is 23.5 Å². The summed E-state index contributed by atoms with van der Waals surface area (Å²) >= 11 is 0. The van der Waals surface area contributed by atoms with Gasteiger partial charge in [0.25, 0.3) is 5.91 Å². The number of pyridine rings is 1. The highest BCUT2D eigenvalue weighted by atomic mass is 19.4. The zero-order chi connectivity index (χ0) is 19.7. The smallest absolute Gasteiger partial charge is 0.422 e. The summed E-state index contributed by atoms with van der Waals surface area (Å²) in [5, 5.41) is 2.60. The molecular formula is C17H22F3N3O3. The van der Waals surface area contributed by atoms with Crippen LogP contribution in [0.2, 0.25) is 0 Å². The van der Waals surface area contributed by atoms with Crippen LogP contribution < -0.4 is 15.8 Å². The van der Waals surface area contributed by atoms with Crippen molar-refractivity contribution in [2.45, 2.75) is 51.7 Å². The Kier molecular flexibility index (Phi) is 5.48. The Labute approximate surface area is 149 Å². The maximum Gasteiger partial charge on any atom is 0.422 e. The number of ether oxygens (including phenoxy) is 1. The van der Waals surface area contributed by atoms with Gasteiger partial charge in [-0.05, 0) is 39.5 Å². The van der Waals surface area contributed by atoms with Gasteiger partial charge in [-0.3, -0.25) is 14.6 Å². The normalized spacial score (nSPS) is 16.1. The van der Waals surface area contributed by atoms with E-state index < -0.39 is 36.1 Å². The molecule has 1 saturated carbocycles. The van der Waals surface area contributed by atoms with Crippen LogP contribution >= 0.6 is 0 Å². The van der Waals surface area contributed by atoms with Crippen LogP contribution in [0.3, 0.4) is 0 Å². The Hall–Kier alpha value is -2.32. The SMILES string of the molecule is CC(NC(=O)c1cc(OCC(F)(F)F)c(C2CC2)cn1)C(C)(C)C(N)=O. The molecule has 1 aliphatic rings. The molecule has 3 N–H and O–H groups in total. The average molecular weight is 373 g/mol. The third-order valence-electron chi connectivity index (χ3n) is 4.60. The van der Waals surface area contributed by atoms with Gasteiger partial charge in [0.05, 0.1) is 5.41 Å². The maximum absolute atomic E-state index is 12.5. The zero-order valence-electron chi connectivity index (χ0n) is 14.8. The van der Waals surface area contributed by atoms with Crippen LogP contribution in [0.25, 0.3) is 0 Å². The van der Waals surface area contributed by atoms with Gasteiger partial charge in [0, 0.05) is 23.9 Å². The molecule has 1 aromatic rings. The average Bonchev–Trinajstić information content (AvgIpc) is 3.36. The number of hydrogen-bond acceptors (Lipinski definition) is 4. The Balaban J connectivity index is 2.18. The van der Waals surface area contributed by atoms with E-state index in [0.717, 1.165) is 12.8 Å². The maximum atomic E-state index is 12.5. The lowest BCUT2D eigenvalue weighted by Crippen LogP contribution is -2.49. The Morgan fingerprint density at radius 2 is 2.00 bits per heavy atom. The number of alkyl halides is 3. The number of amides is 2. The second-order valence-corrected chi connectivity index (χ2v) is 7.07. The number of primary amides is 1. The molecule has 144 valence electrons. The van der Waals surface area contributed by atoms with Gasteiger partial charge in [0.1, 0.15) is 11.4 Å². The number of carbonyl (C=O) groups is 2. The Bertz CT molecular complexity index is 700. The van der Waals surface area contributed by atoms with Crippen LogP contribution in [0.5, 0.6) is 5.75 Å². The minimum Gasteiger partial charge on any atom is -0.484 e. The van der Waals surface area contributed by atoms with Gasteiger partial charge in [-0.2, -0.15) is 13.2 Å². The second-order valence-electron chi connectivity index (χ2n) is 7.07. The lowest BCUT2D eigenvalue weighted by Gasteiger charge is -2.29. The van der Waals surface area contributed by atoms with E-state index in [9.17, 15) is 22.8 Å². The van der Waals surface area contributed by atoms with Crippen molar-refractivity contribution in [3.63, 3.8) is 0 Å². The highest BCUT2D eigenvalue weighted by Gasteiger charge is 2.34. The van der Waals surface area contributed by atoms with Gasteiger partial charge in [0.15, 0.2) is 6.61 Å². The Morgan fingerprint density at radius 3 is 2.50 bits per heavy atom. The number of nitrogens with one attached hydrogen (secondary N) is 1. The first-order chi connectivity index (χ1) is 11.9. The number of hydrogen-bond donors (Lipinski definition) is 2. The highest BCUT2D eigenvalue weighted by molar-refractivity contribution is 5.93. The van der Waals surface area contributed by atoms with Gasteiger partial charge in [-0.25, -0.2) is 0 Å². The van der Waals surface area contributed by atoms with E-state index in [0.29, 0.717) is 5.56 Å². The lowest BCUT2D eigenvalue weighted by molar-refractivity contribution is -0.153. The van der Waals surface area contributed by atoms with E-state index in [-0.39, 0.29) is 17.4 Å². The van der Waals surface area contributed by atoms with Crippen molar-refractivity contribution in [2.75, 3.05) is 6.61 Å². The summed E-state index contributed by atoms with van der Waals surface area (Å²) < 4.78 is 42.3. The summed E-state index contributed by atoms with van der Waals surface area (Å²) in [6.07, 6.45) is -1.41. The van der Waals surface area contributed by atoms with Crippen molar-refractivity contribution < 1.29 is 27.5 Å². The van der Waals surface area contributed by atoms with Crippen LogP contribution in [-0.4, -0.2) is 35.6 Å². The molecule has 26 heavy (non-hydrogen) atoms. The predicted molar refractivity (Wildman–Crippen MR) is 87.7 cm³/mol. The molecule has 6 nitrogen and oxygen atoms in total. The molecule has 1 fully saturated rings. The summed E-state index contributed by atoms with van der Waals surface area (Å²) in [5.74, 6) is -1.09. The van der Waals surface area contributed by atoms with Crippen molar-refractivity contribution in [1.82, 2.24) is 10.3 Å². The van der Waals surface area contributed by atoms with Gasteiger partial charge >= 0.3 is 6.18 Å². The molecule has 2 rings (SSSR count). The van der Waals surface area contributed by atoms with Crippen LogP contribution in [0.15, 0.2) is 12.3 Å². The van der Waals surface area contributed by atoms with Crippen molar-refractivity contribution in [2.24, 2.45) is 11.1 Å². The standard InChI is InChI=1S/C17H22F3N3O3/c1-9(16(2,3)15(21)25)23-14(24)12-6-13(26-8-17(18,19)20)11(7-22-12)10-4-5-10/h6-7,9-10H,4-5,8H2,1-3H3,(H2,21,25)(H,23,24). The molecule has 0 bridgehead atoms. The molecule has 1 atom stereocenters. The van der Waals surface area contributed by atoms with Gasteiger partial charge in [0.2, 0.25) is 5.91 Å². The minimum atomic E-state index is -4.48. The van der Waals surface area contributed by atoms with Crippen molar-refractivity contribution in [3.8, 4) is 5.75 Å². The van der Waals surface area contributed by atoms with Crippen molar-refractivity contribution in [1.29, 1.82) is 0 Å². The summed E-state index contributed by atoms with van der Waals surface area (Å²) in [6, 6.07) is 0.607. The second kappa shape index (κ2) is 7.13. The quantitative estimate of drug-likeness (QED) is 0.768. The molecule has 1 heterocycles. The number of nitrogens with zero attached hydrogens (tertiary/aromatic N) is 1. The molecule has 1 aromatic heterocycles. The zero-order valence-corrected chi connectivity index (χ0v) is 14.8. The fourth-order valence-electron chi connectivity index (χ4n) is 2.22. The first kappa shape index (κ1) is 20.0. The molecule has 9 heteroatoms. The molecule has 0 spiro atoms. The molecule has 0 aliphatic heterocycles. The number of carbonyl (C=O) groups excluding carboxylic acids is 2. The third-order valence-corrected chi connectivity index (χ3v) is 4.60. The third kappa shape index (κ3) is 4.86. The fraction of sp³-hybridized carbons (Fsp3) is 0.588. The van der Waals surface area contributed by atoms with Crippen LogP contribution in [0.4, 0.5) is 13.2 Å². The van der Waals surface area contributed by atoms with Crippen molar-refractivity contribution >= 4 is 11.8 Å². The topological polar surface area (TPSA) is 94.3 Å². The molecular weight excluding hydrogens is 351 g/mol. The molecule has 1 unspecified atom stereocenters. The number of halogens is 3. The van der Waals surface area contributed by atoms with E-state index in [1.54, 1.807) is 20.8 Å². The number of aromatic nitrogens is 1. The summed E-state index contributed by atoms with van der Waals surface area (Å²) in [7, 11) is 0.